The Labute approximate surface area is 172 Å². The molecule has 3 aromatic rings. The fourth-order valence-electron chi connectivity index (χ4n) is 3.49. The molecule has 6 heteroatoms. The average Bonchev–Trinajstić information content (AvgIpc) is 2.71. The van der Waals surface area contributed by atoms with E-state index in [2.05, 4.69) is 5.32 Å². The van der Waals surface area contributed by atoms with Gasteiger partial charge in [0.05, 0.1) is 17.1 Å². The number of benzene rings is 3. The minimum absolute atomic E-state index is 0.0556. The molecule has 3 aromatic carbocycles. The maximum Gasteiger partial charge on any atom is 0.260 e. The van der Waals surface area contributed by atoms with Gasteiger partial charge in [0.25, 0.3) is 5.91 Å². The van der Waals surface area contributed by atoms with E-state index in [1.165, 1.54) is 18.2 Å². The maximum atomic E-state index is 14.0. The number of rotatable bonds is 4. The quantitative estimate of drug-likeness (QED) is 0.644. The number of carbonyl (C=O) groups excluding carboxylic acids is 2. The van der Waals surface area contributed by atoms with Gasteiger partial charge in [-0.1, -0.05) is 48.0 Å². The van der Waals surface area contributed by atoms with Crippen molar-refractivity contribution in [3.8, 4) is 0 Å². The van der Waals surface area contributed by atoms with Gasteiger partial charge in [-0.15, -0.1) is 0 Å². The van der Waals surface area contributed by atoms with Gasteiger partial charge in [-0.2, -0.15) is 0 Å². The van der Waals surface area contributed by atoms with E-state index < -0.39 is 11.7 Å². The molecule has 1 aliphatic heterocycles. The SMILES string of the molecule is O=C(Nc1ccc2c(c1)CCC(=O)N2Cc1ccccc1)c1c(F)cccc1Cl. The number of amides is 2. The topological polar surface area (TPSA) is 49.4 Å². The highest BCUT2D eigenvalue weighted by atomic mass is 35.5. The lowest BCUT2D eigenvalue weighted by Crippen LogP contribution is -2.34. The molecule has 0 fully saturated rings. The molecule has 4 nitrogen and oxygen atoms in total. The first kappa shape index (κ1) is 19.2. The van der Waals surface area contributed by atoms with Crippen molar-refractivity contribution in [3.05, 3.63) is 94.3 Å². The summed E-state index contributed by atoms with van der Waals surface area (Å²) in [5.74, 6) is -1.22. The van der Waals surface area contributed by atoms with Crippen LogP contribution in [0, 0.1) is 5.82 Å². The highest BCUT2D eigenvalue weighted by Gasteiger charge is 2.25. The molecule has 0 atom stereocenters. The van der Waals surface area contributed by atoms with Crippen LogP contribution in [-0.2, 0) is 17.8 Å². The van der Waals surface area contributed by atoms with Crippen molar-refractivity contribution in [1.82, 2.24) is 0 Å². The second-order valence-corrected chi connectivity index (χ2v) is 7.27. The Kier molecular flexibility index (Phi) is 5.32. The summed E-state index contributed by atoms with van der Waals surface area (Å²) < 4.78 is 14.0. The lowest BCUT2D eigenvalue weighted by molar-refractivity contribution is -0.119. The molecule has 0 aliphatic carbocycles. The van der Waals surface area contributed by atoms with Crippen LogP contribution in [0.1, 0.15) is 27.9 Å². The van der Waals surface area contributed by atoms with Crippen molar-refractivity contribution >= 4 is 34.8 Å². The summed E-state index contributed by atoms with van der Waals surface area (Å²) in [6, 6.07) is 19.2. The van der Waals surface area contributed by atoms with E-state index >= 15 is 0 Å². The molecule has 1 N–H and O–H groups in total. The average molecular weight is 409 g/mol. The number of carbonyl (C=O) groups is 2. The molecule has 0 saturated heterocycles. The summed E-state index contributed by atoms with van der Waals surface area (Å²) in [7, 11) is 0. The van der Waals surface area contributed by atoms with Crippen LogP contribution >= 0.6 is 11.6 Å². The van der Waals surface area contributed by atoms with Crippen molar-refractivity contribution < 1.29 is 14.0 Å². The zero-order chi connectivity index (χ0) is 20.4. The molecule has 4 rings (SSSR count). The second kappa shape index (κ2) is 8.05. The first-order valence-electron chi connectivity index (χ1n) is 9.25. The van der Waals surface area contributed by atoms with Crippen LogP contribution in [0.4, 0.5) is 15.8 Å². The molecule has 0 spiro atoms. The van der Waals surface area contributed by atoms with E-state index in [0.29, 0.717) is 25.1 Å². The van der Waals surface area contributed by atoms with Crippen molar-refractivity contribution in [1.29, 1.82) is 0 Å². The van der Waals surface area contributed by atoms with Gasteiger partial charge in [-0.25, -0.2) is 4.39 Å². The summed E-state index contributed by atoms with van der Waals surface area (Å²) in [6.45, 7) is 0.489. The molecule has 146 valence electrons. The molecule has 0 saturated carbocycles. The monoisotopic (exact) mass is 408 g/mol. The summed E-state index contributed by atoms with van der Waals surface area (Å²) >= 11 is 5.97. The lowest BCUT2D eigenvalue weighted by atomic mass is 9.99. The Balaban J connectivity index is 1.58. The Morgan fingerprint density at radius 3 is 2.59 bits per heavy atom. The Hall–Kier alpha value is -3.18. The molecular formula is C23H18ClFN2O2. The molecule has 0 bridgehead atoms. The van der Waals surface area contributed by atoms with E-state index in [-0.39, 0.29) is 16.5 Å². The smallest absolute Gasteiger partial charge is 0.260 e. The van der Waals surface area contributed by atoms with E-state index in [0.717, 1.165) is 16.8 Å². The summed E-state index contributed by atoms with van der Waals surface area (Å²) in [4.78, 5) is 26.7. The number of hydrogen-bond acceptors (Lipinski definition) is 2. The third kappa shape index (κ3) is 4.00. The molecule has 2 amide bonds. The summed E-state index contributed by atoms with van der Waals surface area (Å²) in [5.41, 5.74) is 3.17. The van der Waals surface area contributed by atoms with Gasteiger partial charge in [0.2, 0.25) is 5.91 Å². The highest BCUT2D eigenvalue weighted by molar-refractivity contribution is 6.34. The van der Waals surface area contributed by atoms with Crippen molar-refractivity contribution in [3.63, 3.8) is 0 Å². The van der Waals surface area contributed by atoms with Crippen LogP contribution in [0.5, 0.6) is 0 Å². The lowest BCUT2D eigenvalue weighted by Gasteiger charge is -2.30. The molecule has 1 heterocycles. The van der Waals surface area contributed by atoms with Crippen LogP contribution in [0.15, 0.2) is 66.7 Å². The van der Waals surface area contributed by atoms with Gasteiger partial charge >= 0.3 is 0 Å². The van der Waals surface area contributed by atoms with E-state index in [1.807, 2.05) is 42.5 Å². The molecule has 0 aromatic heterocycles. The van der Waals surface area contributed by atoms with Gasteiger partial charge in [-0.05, 0) is 47.9 Å². The third-order valence-electron chi connectivity index (χ3n) is 4.91. The standard InChI is InChI=1S/C23H18ClFN2O2/c24-18-7-4-8-19(25)22(18)23(29)26-17-10-11-20-16(13-17)9-12-21(28)27(20)14-15-5-2-1-3-6-15/h1-8,10-11,13H,9,12,14H2,(H,26,29). The predicted molar refractivity (Wildman–Crippen MR) is 112 cm³/mol. The normalized spacial score (nSPS) is 13.2. The van der Waals surface area contributed by atoms with Gasteiger partial charge in [0.15, 0.2) is 0 Å². The number of hydrogen-bond donors (Lipinski definition) is 1. The van der Waals surface area contributed by atoms with Crippen LogP contribution in [0.3, 0.4) is 0 Å². The van der Waals surface area contributed by atoms with E-state index in [1.54, 1.807) is 11.0 Å². The Bertz CT molecular complexity index is 1070. The fraction of sp³-hybridized carbons (Fsp3) is 0.130. The van der Waals surface area contributed by atoms with Crippen molar-refractivity contribution in [2.75, 3.05) is 10.2 Å². The zero-order valence-corrected chi connectivity index (χ0v) is 16.2. The number of nitrogens with one attached hydrogen (secondary N) is 1. The highest BCUT2D eigenvalue weighted by Crippen LogP contribution is 2.32. The molecule has 0 radical (unpaired) electrons. The number of anilines is 2. The number of fused-ring (bicyclic) bond motifs is 1. The van der Waals surface area contributed by atoms with E-state index in [4.69, 9.17) is 11.6 Å². The molecule has 29 heavy (non-hydrogen) atoms. The minimum Gasteiger partial charge on any atom is -0.322 e. The fourth-order valence-corrected chi connectivity index (χ4v) is 3.73. The van der Waals surface area contributed by atoms with Gasteiger partial charge in [0.1, 0.15) is 5.82 Å². The van der Waals surface area contributed by atoms with Gasteiger partial charge < -0.3 is 10.2 Å². The minimum atomic E-state index is -0.674. The summed E-state index contributed by atoms with van der Waals surface area (Å²) in [5, 5.41) is 2.75. The van der Waals surface area contributed by atoms with Crippen LogP contribution < -0.4 is 10.2 Å². The van der Waals surface area contributed by atoms with Crippen LogP contribution in [-0.4, -0.2) is 11.8 Å². The molecule has 0 unspecified atom stereocenters. The summed E-state index contributed by atoms with van der Waals surface area (Å²) in [6.07, 6.45) is 0.986. The second-order valence-electron chi connectivity index (χ2n) is 6.86. The maximum absolute atomic E-state index is 14.0. The number of aryl methyl sites for hydroxylation is 1. The van der Waals surface area contributed by atoms with Gasteiger partial charge in [0, 0.05) is 17.8 Å². The predicted octanol–water partition coefficient (Wildman–Crippen LogP) is 5.21. The third-order valence-corrected chi connectivity index (χ3v) is 5.23. The van der Waals surface area contributed by atoms with Crippen LogP contribution in [0.2, 0.25) is 5.02 Å². The van der Waals surface area contributed by atoms with Crippen molar-refractivity contribution in [2.45, 2.75) is 19.4 Å². The largest absolute Gasteiger partial charge is 0.322 e. The van der Waals surface area contributed by atoms with Gasteiger partial charge in [-0.3, -0.25) is 9.59 Å². The van der Waals surface area contributed by atoms with Crippen LogP contribution in [0.25, 0.3) is 0 Å². The van der Waals surface area contributed by atoms with E-state index in [9.17, 15) is 14.0 Å². The Morgan fingerprint density at radius 2 is 1.83 bits per heavy atom. The first-order chi connectivity index (χ1) is 14.0. The first-order valence-corrected chi connectivity index (χ1v) is 9.63. The number of nitrogens with zero attached hydrogens (tertiary/aromatic N) is 1. The number of halogens is 2. The molecular weight excluding hydrogens is 391 g/mol. The Morgan fingerprint density at radius 1 is 1.03 bits per heavy atom. The zero-order valence-electron chi connectivity index (χ0n) is 15.5. The van der Waals surface area contributed by atoms with Crippen molar-refractivity contribution in [2.24, 2.45) is 0 Å². The molecule has 1 aliphatic rings.